The molecule has 2 aromatic carbocycles. The maximum atomic E-state index is 13.3. The Balaban J connectivity index is 2.09. The fraction of sp³-hybridized carbons (Fsp3) is 0.292. The van der Waals surface area contributed by atoms with Gasteiger partial charge >= 0.3 is 5.97 Å². The SMILES string of the molecule is CCOC(=O)c1c(-c2c(Cl)cc(Cl)cc2Cl)c(C)n2c1-c1cc(OC)c(OC)cc1CC2. The van der Waals surface area contributed by atoms with E-state index in [9.17, 15) is 4.79 Å². The molecule has 8 heteroatoms. The van der Waals surface area contributed by atoms with Crippen molar-refractivity contribution in [3.63, 3.8) is 0 Å². The molecule has 0 saturated heterocycles. The van der Waals surface area contributed by atoms with Crippen LogP contribution in [-0.4, -0.2) is 31.4 Å². The first kappa shape index (κ1) is 22.8. The van der Waals surface area contributed by atoms with Crippen LogP contribution >= 0.6 is 34.8 Å². The number of aromatic nitrogens is 1. The summed E-state index contributed by atoms with van der Waals surface area (Å²) in [7, 11) is 3.19. The summed E-state index contributed by atoms with van der Waals surface area (Å²) in [6.45, 7) is 4.65. The van der Waals surface area contributed by atoms with Crippen molar-refractivity contribution in [2.24, 2.45) is 0 Å². The molecule has 0 saturated carbocycles. The van der Waals surface area contributed by atoms with Crippen LogP contribution in [0.3, 0.4) is 0 Å². The van der Waals surface area contributed by atoms with Crippen LogP contribution in [0.1, 0.15) is 28.5 Å². The Bertz CT molecular complexity index is 1210. The second kappa shape index (κ2) is 8.89. The van der Waals surface area contributed by atoms with Gasteiger partial charge in [-0.15, -0.1) is 0 Å². The molecule has 2 heterocycles. The molecule has 0 aliphatic carbocycles. The molecule has 0 amide bonds. The Hall–Kier alpha value is -2.34. The number of ether oxygens (including phenoxy) is 3. The summed E-state index contributed by atoms with van der Waals surface area (Å²) in [5, 5.41) is 1.16. The average molecular weight is 495 g/mol. The zero-order chi connectivity index (χ0) is 23.2. The summed E-state index contributed by atoms with van der Waals surface area (Å²) in [6.07, 6.45) is 0.766. The molecule has 1 aliphatic heterocycles. The highest BCUT2D eigenvalue weighted by Crippen LogP contribution is 2.48. The van der Waals surface area contributed by atoms with Gasteiger partial charge in [-0.25, -0.2) is 4.79 Å². The van der Waals surface area contributed by atoms with Crippen molar-refractivity contribution in [2.45, 2.75) is 26.8 Å². The van der Waals surface area contributed by atoms with Crippen LogP contribution in [0.25, 0.3) is 22.4 Å². The lowest BCUT2D eigenvalue weighted by Crippen LogP contribution is -2.15. The van der Waals surface area contributed by atoms with Gasteiger partial charge in [0.25, 0.3) is 0 Å². The molecule has 1 aromatic heterocycles. The van der Waals surface area contributed by atoms with Crippen LogP contribution < -0.4 is 9.47 Å². The number of methoxy groups -OCH3 is 2. The van der Waals surface area contributed by atoms with E-state index in [4.69, 9.17) is 49.0 Å². The van der Waals surface area contributed by atoms with Gasteiger partial charge < -0.3 is 18.8 Å². The van der Waals surface area contributed by atoms with E-state index in [1.807, 2.05) is 19.1 Å². The van der Waals surface area contributed by atoms with E-state index >= 15 is 0 Å². The molecule has 4 rings (SSSR count). The Kier molecular flexibility index (Phi) is 6.35. The van der Waals surface area contributed by atoms with E-state index in [1.54, 1.807) is 33.3 Å². The Morgan fingerprint density at radius 3 is 2.22 bits per heavy atom. The van der Waals surface area contributed by atoms with Crippen LogP contribution in [0.5, 0.6) is 11.5 Å². The van der Waals surface area contributed by atoms with E-state index in [0.717, 1.165) is 28.9 Å². The van der Waals surface area contributed by atoms with Crippen molar-refractivity contribution < 1.29 is 19.0 Å². The normalized spacial score (nSPS) is 12.2. The van der Waals surface area contributed by atoms with Gasteiger partial charge in [-0.05, 0) is 50.1 Å². The fourth-order valence-corrected chi connectivity index (χ4v) is 5.37. The molecule has 32 heavy (non-hydrogen) atoms. The van der Waals surface area contributed by atoms with Gasteiger partial charge in [0.05, 0.1) is 42.1 Å². The van der Waals surface area contributed by atoms with Crippen LogP contribution in [0.4, 0.5) is 0 Å². The van der Waals surface area contributed by atoms with Crippen LogP contribution in [-0.2, 0) is 17.7 Å². The number of carbonyl (C=O) groups is 1. The van der Waals surface area contributed by atoms with Gasteiger partial charge in [-0.1, -0.05) is 34.8 Å². The number of aryl methyl sites for hydroxylation is 1. The van der Waals surface area contributed by atoms with Gasteiger partial charge in [-0.2, -0.15) is 0 Å². The van der Waals surface area contributed by atoms with Gasteiger partial charge in [-0.3, -0.25) is 0 Å². The second-order valence-electron chi connectivity index (χ2n) is 7.41. The van der Waals surface area contributed by atoms with Gasteiger partial charge in [0.2, 0.25) is 0 Å². The lowest BCUT2D eigenvalue weighted by atomic mass is 9.93. The van der Waals surface area contributed by atoms with Gasteiger partial charge in [0.15, 0.2) is 11.5 Å². The Labute approximate surface area is 201 Å². The third-order valence-electron chi connectivity index (χ3n) is 5.73. The van der Waals surface area contributed by atoms with Crippen molar-refractivity contribution in [3.8, 4) is 33.9 Å². The summed E-state index contributed by atoms with van der Waals surface area (Å²) in [6, 6.07) is 7.10. The lowest BCUT2D eigenvalue weighted by Gasteiger charge is -2.23. The third-order valence-corrected chi connectivity index (χ3v) is 6.54. The highest BCUT2D eigenvalue weighted by atomic mass is 35.5. The molecule has 3 aromatic rings. The van der Waals surface area contributed by atoms with E-state index in [-0.39, 0.29) is 6.61 Å². The predicted molar refractivity (Wildman–Crippen MR) is 128 cm³/mol. The topological polar surface area (TPSA) is 49.7 Å². The number of carbonyl (C=O) groups excluding carboxylic acids is 1. The van der Waals surface area contributed by atoms with Crippen LogP contribution in [0.2, 0.25) is 15.1 Å². The number of hydrogen-bond donors (Lipinski definition) is 0. The molecule has 0 unspecified atom stereocenters. The minimum absolute atomic E-state index is 0.239. The zero-order valence-electron chi connectivity index (χ0n) is 18.1. The fourth-order valence-electron chi connectivity index (χ4n) is 4.37. The number of halogens is 3. The summed E-state index contributed by atoms with van der Waals surface area (Å²) in [5.74, 6) is 0.784. The molecule has 0 bridgehead atoms. The molecular weight excluding hydrogens is 473 g/mol. The second-order valence-corrected chi connectivity index (χ2v) is 8.67. The Morgan fingerprint density at radius 2 is 1.62 bits per heavy atom. The average Bonchev–Trinajstić information content (AvgIpc) is 3.05. The number of rotatable bonds is 5. The maximum Gasteiger partial charge on any atom is 0.340 e. The minimum atomic E-state index is -0.441. The molecule has 5 nitrogen and oxygen atoms in total. The highest BCUT2D eigenvalue weighted by molar-refractivity contribution is 6.42. The maximum absolute atomic E-state index is 13.3. The van der Waals surface area contributed by atoms with Crippen molar-refractivity contribution in [2.75, 3.05) is 20.8 Å². The number of fused-ring (bicyclic) bond motifs is 3. The number of nitrogens with zero attached hydrogens (tertiary/aromatic N) is 1. The monoisotopic (exact) mass is 493 g/mol. The number of benzene rings is 2. The minimum Gasteiger partial charge on any atom is -0.493 e. The first-order valence-electron chi connectivity index (χ1n) is 10.1. The van der Waals surface area contributed by atoms with E-state index in [2.05, 4.69) is 4.57 Å². The van der Waals surface area contributed by atoms with E-state index < -0.39 is 5.97 Å². The largest absolute Gasteiger partial charge is 0.493 e. The zero-order valence-corrected chi connectivity index (χ0v) is 20.4. The lowest BCUT2D eigenvalue weighted by molar-refractivity contribution is 0.0528. The third kappa shape index (κ3) is 3.62. The van der Waals surface area contributed by atoms with Gasteiger partial charge in [0.1, 0.15) is 0 Å². The predicted octanol–water partition coefficient (Wildman–Crippen LogP) is 6.84. The van der Waals surface area contributed by atoms with Crippen molar-refractivity contribution in [3.05, 3.63) is 56.2 Å². The quantitative estimate of drug-likeness (QED) is 0.364. The summed E-state index contributed by atoms with van der Waals surface area (Å²) in [4.78, 5) is 13.3. The number of esters is 1. The van der Waals surface area contributed by atoms with Crippen LogP contribution in [0, 0.1) is 6.92 Å². The molecule has 0 N–H and O–H groups in total. The van der Waals surface area contributed by atoms with Crippen molar-refractivity contribution >= 4 is 40.8 Å². The van der Waals surface area contributed by atoms with E-state index in [1.165, 1.54) is 0 Å². The first-order valence-corrected chi connectivity index (χ1v) is 11.3. The van der Waals surface area contributed by atoms with Crippen molar-refractivity contribution in [1.82, 2.24) is 4.57 Å². The molecule has 1 aliphatic rings. The highest BCUT2D eigenvalue weighted by Gasteiger charge is 2.33. The molecule has 0 radical (unpaired) electrons. The molecule has 168 valence electrons. The summed E-state index contributed by atoms with van der Waals surface area (Å²) in [5.41, 5.74) is 5.18. The summed E-state index contributed by atoms with van der Waals surface area (Å²) < 4.78 is 18.6. The molecule has 0 fully saturated rings. The summed E-state index contributed by atoms with van der Waals surface area (Å²) >= 11 is 19.3. The molecular formula is C24H22Cl3NO4. The molecule has 0 atom stereocenters. The van der Waals surface area contributed by atoms with Crippen LogP contribution in [0.15, 0.2) is 24.3 Å². The molecule has 0 spiro atoms. The smallest absolute Gasteiger partial charge is 0.340 e. The standard InChI is InChI=1S/C24H22Cl3NO4/c1-5-32-24(29)22-20(21-16(26)9-14(25)10-17(21)27)12(2)28-7-6-13-8-18(30-3)19(31-4)11-15(13)23(22)28/h8-11H,5-7H2,1-4H3. The van der Waals surface area contributed by atoms with Gasteiger partial charge in [0, 0.05) is 34.0 Å². The number of hydrogen-bond acceptors (Lipinski definition) is 4. The van der Waals surface area contributed by atoms with E-state index in [0.29, 0.717) is 49.8 Å². The Morgan fingerprint density at radius 1 is 1.00 bits per heavy atom. The van der Waals surface area contributed by atoms with Crippen molar-refractivity contribution in [1.29, 1.82) is 0 Å². The first-order chi connectivity index (χ1) is 15.3.